The lowest BCUT2D eigenvalue weighted by molar-refractivity contribution is 0.0953. The Bertz CT molecular complexity index is 1160. The average molecular weight is 411 g/mol. The monoisotopic (exact) mass is 410 g/mol. The molecule has 156 valence electrons. The molecule has 0 bridgehead atoms. The van der Waals surface area contributed by atoms with Crippen LogP contribution in [-0.4, -0.2) is 22.2 Å². The zero-order valence-corrected chi connectivity index (χ0v) is 17.6. The Hall–Kier alpha value is -3.86. The van der Waals surface area contributed by atoms with E-state index in [1.54, 1.807) is 16.8 Å². The summed E-state index contributed by atoms with van der Waals surface area (Å²) in [7, 11) is 0. The normalized spacial score (nSPS) is 10.7. The van der Waals surface area contributed by atoms with E-state index in [4.69, 9.17) is 5.73 Å². The Labute approximate surface area is 182 Å². The molecule has 0 atom stereocenters. The van der Waals surface area contributed by atoms with Crippen molar-refractivity contribution in [2.24, 2.45) is 0 Å². The highest BCUT2D eigenvalue weighted by molar-refractivity contribution is 5.94. The van der Waals surface area contributed by atoms with Crippen LogP contribution in [0.3, 0.4) is 0 Å². The molecule has 31 heavy (non-hydrogen) atoms. The first-order valence-corrected chi connectivity index (χ1v) is 10.5. The van der Waals surface area contributed by atoms with E-state index < -0.39 is 0 Å². The number of carbonyl (C=O) groups is 1. The summed E-state index contributed by atoms with van der Waals surface area (Å²) >= 11 is 0. The van der Waals surface area contributed by atoms with Gasteiger partial charge in [0.05, 0.1) is 11.4 Å². The van der Waals surface area contributed by atoms with Gasteiger partial charge in [0.1, 0.15) is 5.82 Å². The summed E-state index contributed by atoms with van der Waals surface area (Å²) in [6.45, 7) is 2.69. The van der Waals surface area contributed by atoms with Crippen LogP contribution in [-0.2, 0) is 6.42 Å². The van der Waals surface area contributed by atoms with Crippen molar-refractivity contribution in [3.8, 4) is 16.9 Å². The molecule has 4 aromatic rings. The van der Waals surface area contributed by atoms with Gasteiger partial charge in [-0.25, -0.2) is 4.68 Å². The third kappa shape index (κ3) is 5.01. The third-order valence-corrected chi connectivity index (χ3v) is 5.20. The molecule has 0 aliphatic rings. The van der Waals surface area contributed by atoms with Crippen molar-refractivity contribution in [1.82, 2.24) is 15.1 Å². The Morgan fingerprint density at radius 1 is 0.968 bits per heavy atom. The van der Waals surface area contributed by atoms with E-state index in [9.17, 15) is 4.79 Å². The summed E-state index contributed by atoms with van der Waals surface area (Å²) in [4.78, 5) is 12.4. The predicted octanol–water partition coefficient (Wildman–Crippen LogP) is 4.79. The number of amides is 1. The molecule has 5 heteroatoms. The highest BCUT2D eigenvalue weighted by Crippen LogP contribution is 2.24. The van der Waals surface area contributed by atoms with Crippen LogP contribution >= 0.6 is 0 Å². The van der Waals surface area contributed by atoms with Crippen LogP contribution in [0.2, 0.25) is 0 Å². The van der Waals surface area contributed by atoms with Gasteiger partial charge in [0, 0.05) is 23.7 Å². The second kappa shape index (κ2) is 9.30. The first-order valence-electron chi connectivity index (χ1n) is 10.5. The molecular formula is C26H26N4O. The largest absolute Gasteiger partial charge is 0.384 e. The highest BCUT2D eigenvalue weighted by atomic mass is 16.1. The first kappa shape index (κ1) is 20.4. The summed E-state index contributed by atoms with van der Waals surface area (Å²) in [5.74, 6) is 0.475. The second-order valence-corrected chi connectivity index (χ2v) is 7.63. The van der Waals surface area contributed by atoms with Crippen LogP contribution in [0.4, 0.5) is 5.82 Å². The lowest BCUT2D eigenvalue weighted by atomic mass is 10.1. The predicted molar refractivity (Wildman–Crippen MR) is 125 cm³/mol. The molecule has 5 nitrogen and oxygen atoms in total. The number of aromatic nitrogens is 2. The van der Waals surface area contributed by atoms with Crippen LogP contribution in [0.1, 0.15) is 27.9 Å². The molecule has 0 aliphatic carbocycles. The number of hydrogen-bond acceptors (Lipinski definition) is 3. The van der Waals surface area contributed by atoms with Gasteiger partial charge >= 0.3 is 0 Å². The summed E-state index contributed by atoms with van der Waals surface area (Å²) in [5.41, 5.74) is 11.9. The molecule has 0 unspecified atom stereocenters. The molecule has 1 aromatic heterocycles. The summed E-state index contributed by atoms with van der Waals surface area (Å²) in [6, 6.07) is 27.6. The third-order valence-electron chi connectivity index (χ3n) is 5.20. The topological polar surface area (TPSA) is 72.9 Å². The quantitative estimate of drug-likeness (QED) is 0.430. The smallest absolute Gasteiger partial charge is 0.251 e. The van der Waals surface area contributed by atoms with Crippen LogP contribution in [0.25, 0.3) is 16.9 Å². The van der Waals surface area contributed by atoms with Crippen LogP contribution < -0.4 is 11.1 Å². The lowest BCUT2D eigenvalue weighted by Crippen LogP contribution is -2.24. The fraction of sp³-hybridized carbons (Fsp3) is 0.154. The van der Waals surface area contributed by atoms with Crippen LogP contribution in [0, 0.1) is 6.92 Å². The number of rotatable bonds is 7. The molecule has 1 heterocycles. The molecule has 3 N–H and O–H groups in total. The van der Waals surface area contributed by atoms with Gasteiger partial charge in [-0.05, 0) is 55.7 Å². The number of benzene rings is 3. The highest BCUT2D eigenvalue weighted by Gasteiger charge is 2.11. The summed E-state index contributed by atoms with van der Waals surface area (Å²) in [5, 5.41) is 7.63. The van der Waals surface area contributed by atoms with Gasteiger partial charge < -0.3 is 11.1 Å². The van der Waals surface area contributed by atoms with Gasteiger partial charge in [0.25, 0.3) is 5.91 Å². The number of nitrogens with zero attached hydrogens (tertiary/aromatic N) is 2. The maximum atomic E-state index is 12.4. The van der Waals surface area contributed by atoms with Crippen molar-refractivity contribution in [3.05, 3.63) is 102 Å². The summed E-state index contributed by atoms with van der Waals surface area (Å²) < 4.78 is 1.69. The Morgan fingerprint density at radius 2 is 1.74 bits per heavy atom. The second-order valence-electron chi connectivity index (χ2n) is 7.63. The van der Waals surface area contributed by atoms with E-state index in [-0.39, 0.29) is 5.91 Å². The van der Waals surface area contributed by atoms with Gasteiger partial charge in [-0.3, -0.25) is 4.79 Å². The van der Waals surface area contributed by atoms with E-state index in [2.05, 4.69) is 41.6 Å². The fourth-order valence-electron chi connectivity index (χ4n) is 3.54. The number of hydrogen-bond donors (Lipinski definition) is 2. The van der Waals surface area contributed by atoms with Gasteiger partial charge in [0.15, 0.2) is 0 Å². The Balaban J connectivity index is 1.38. The van der Waals surface area contributed by atoms with Crippen molar-refractivity contribution >= 4 is 11.7 Å². The Kier molecular flexibility index (Phi) is 6.13. The number of nitrogen functional groups attached to an aromatic ring is 1. The van der Waals surface area contributed by atoms with Crippen LogP contribution in [0.15, 0.2) is 84.9 Å². The number of nitrogens with two attached hydrogens (primary N) is 1. The van der Waals surface area contributed by atoms with E-state index >= 15 is 0 Å². The molecule has 3 aromatic carbocycles. The fourth-order valence-corrected chi connectivity index (χ4v) is 3.54. The number of nitrogens with one attached hydrogen (secondary N) is 1. The van der Waals surface area contributed by atoms with Gasteiger partial charge in [-0.2, -0.15) is 5.10 Å². The van der Waals surface area contributed by atoms with Crippen molar-refractivity contribution in [3.63, 3.8) is 0 Å². The number of anilines is 1. The zero-order valence-electron chi connectivity index (χ0n) is 17.6. The standard InChI is InChI=1S/C26H26N4O/c1-19-7-5-11-22(17-19)24-18-25(27)30(29-24)23-14-12-21(13-15-23)26(31)28-16-6-10-20-8-3-2-4-9-20/h2-5,7-9,11-15,17-18H,6,10,16,27H2,1H3,(H,28,31). The molecule has 4 rings (SSSR count). The van der Waals surface area contributed by atoms with Crippen molar-refractivity contribution in [2.75, 3.05) is 12.3 Å². The van der Waals surface area contributed by atoms with Crippen molar-refractivity contribution in [2.45, 2.75) is 19.8 Å². The molecule has 0 spiro atoms. The molecule has 0 saturated heterocycles. The minimum absolute atomic E-state index is 0.0755. The van der Waals surface area contributed by atoms with E-state index in [1.807, 2.05) is 48.5 Å². The minimum Gasteiger partial charge on any atom is -0.384 e. The first-order chi connectivity index (χ1) is 15.1. The number of aryl methyl sites for hydroxylation is 2. The van der Waals surface area contributed by atoms with Gasteiger partial charge in [-0.1, -0.05) is 54.1 Å². The Morgan fingerprint density at radius 3 is 2.48 bits per heavy atom. The average Bonchev–Trinajstić information content (AvgIpc) is 3.19. The SMILES string of the molecule is Cc1cccc(-c2cc(N)n(-c3ccc(C(=O)NCCCc4ccccc4)cc3)n2)c1. The zero-order chi connectivity index (χ0) is 21.6. The molecule has 0 radical (unpaired) electrons. The minimum atomic E-state index is -0.0755. The van der Waals surface area contributed by atoms with Crippen molar-refractivity contribution in [1.29, 1.82) is 0 Å². The molecule has 0 aliphatic heterocycles. The van der Waals surface area contributed by atoms with Crippen LogP contribution in [0.5, 0.6) is 0 Å². The van der Waals surface area contributed by atoms with Gasteiger partial charge in [0.2, 0.25) is 0 Å². The van der Waals surface area contributed by atoms with E-state index in [0.29, 0.717) is 17.9 Å². The van der Waals surface area contributed by atoms with Gasteiger partial charge in [-0.15, -0.1) is 0 Å². The molecule has 1 amide bonds. The summed E-state index contributed by atoms with van der Waals surface area (Å²) in [6.07, 6.45) is 1.85. The van der Waals surface area contributed by atoms with E-state index in [0.717, 1.165) is 29.8 Å². The lowest BCUT2D eigenvalue weighted by Gasteiger charge is -2.08. The number of carbonyl (C=O) groups excluding carboxylic acids is 1. The maximum Gasteiger partial charge on any atom is 0.251 e. The molecule has 0 fully saturated rings. The van der Waals surface area contributed by atoms with Crippen molar-refractivity contribution < 1.29 is 4.79 Å². The molecule has 0 saturated carbocycles. The van der Waals surface area contributed by atoms with E-state index in [1.165, 1.54) is 11.1 Å². The maximum absolute atomic E-state index is 12.4. The molecular weight excluding hydrogens is 384 g/mol.